The molecule has 0 aliphatic rings. The van der Waals surface area contributed by atoms with E-state index >= 15 is 0 Å². The van der Waals surface area contributed by atoms with Crippen LogP contribution in [0, 0.1) is 0 Å². The minimum Gasteiger partial charge on any atom is -0.549 e. The molecule has 0 aromatic rings. The Morgan fingerprint density at radius 2 is 0.923 bits per heavy atom. The van der Waals surface area contributed by atoms with Crippen molar-refractivity contribution in [3.63, 3.8) is 0 Å². The Morgan fingerprint density at radius 3 is 1.21 bits per heavy atom. The quantitative estimate of drug-likeness (QED) is 0.206. The summed E-state index contributed by atoms with van der Waals surface area (Å²) in [5, 5.41) is 2.75. The molecular weight excluding hydrogens is 638 g/mol. The molecule has 0 N–H and O–H groups in total. The molecule has 0 aromatic carbocycles. The predicted molar refractivity (Wildman–Crippen MR) is 84.7 cm³/mol. The van der Waals surface area contributed by atoms with Crippen LogP contribution in [0.2, 0.25) is 0 Å². The molecule has 0 heterocycles. The van der Waals surface area contributed by atoms with Gasteiger partial charge in [-0.05, 0) is 14.1 Å². The average molecular weight is 650 g/mol. The second kappa shape index (κ2) is 11.4. The number of likely N-dealkylation sites (N-methyl/N-ethyl adjacent to an activating group) is 1. The van der Waals surface area contributed by atoms with E-state index < -0.39 is 86.9 Å². The Kier molecular flexibility index (Phi) is 11.8. The summed E-state index contributed by atoms with van der Waals surface area (Å²) in [4.78, 5) is 11.4. The minimum atomic E-state index is -8.97. The van der Waals surface area contributed by atoms with Crippen LogP contribution in [0.1, 0.15) is 0 Å². The van der Waals surface area contributed by atoms with Crippen molar-refractivity contribution >= 4 is 16.0 Å². The molecule has 0 saturated carbocycles. The van der Waals surface area contributed by atoms with E-state index in [-0.39, 0.29) is 29.6 Å². The number of halogens is 17. The topological polar surface area (TPSA) is 80.8 Å². The number of nitrogens with zero attached hydrogens (tertiary/aromatic N) is 2. The zero-order valence-electron chi connectivity index (χ0n) is 19.0. The smallest absolute Gasteiger partial charge is 0.549 e. The largest absolute Gasteiger partial charge is 1.00 e. The summed E-state index contributed by atoms with van der Waals surface area (Å²) in [6.07, 6.45) is -7.93. The first kappa shape index (κ1) is 40.3. The molecule has 0 bridgehead atoms. The number of hydrogen-bond acceptors (Lipinski definition) is 5. The standard InChI is InChI=1S/C14H13F17N2O4S.Na/c1-32(2)3-4-33(5-6(34)35)38(36,37)14(30,31)12(25,26)10(21,22)8(17,18)7(15,16)9(19,20)11(23,24)13(27,28)29;/h3-5H2,1-2H3,(H,34,35);/q;+1/p-1. The molecule has 6 nitrogen and oxygen atoms in total. The van der Waals surface area contributed by atoms with Gasteiger partial charge in [-0.2, -0.15) is 78.9 Å². The third-order valence-corrected chi connectivity index (χ3v) is 6.36. The number of sulfonamides is 1. The van der Waals surface area contributed by atoms with Crippen molar-refractivity contribution in [1.29, 1.82) is 0 Å². The van der Waals surface area contributed by atoms with Crippen LogP contribution in [0.3, 0.4) is 0 Å². The third-order valence-electron chi connectivity index (χ3n) is 4.46. The van der Waals surface area contributed by atoms with E-state index in [9.17, 15) is 93.0 Å². The van der Waals surface area contributed by atoms with Crippen molar-refractivity contribution in [3.8, 4) is 0 Å². The van der Waals surface area contributed by atoms with Gasteiger partial charge in [0.15, 0.2) is 0 Å². The zero-order valence-corrected chi connectivity index (χ0v) is 21.8. The number of carboxylic acids is 1. The van der Waals surface area contributed by atoms with Gasteiger partial charge in [0.2, 0.25) is 0 Å². The van der Waals surface area contributed by atoms with Crippen LogP contribution in [-0.2, 0) is 14.8 Å². The maximum absolute atomic E-state index is 14.2. The Labute approximate surface area is 228 Å². The van der Waals surface area contributed by atoms with Gasteiger partial charge < -0.3 is 14.8 Å². The number of rotatable bonds is 13. The maximum atomic E-state index is 14.2. The van der Waals surface area contributed by atoms with E-state index in [1.165, 1.54) is 0 Å². The predicted octanol–water partition coefficient (Wildman–Crippen LogP) is -0.0994. The molecule has 0 fully saturated rings. The Bertz CT molecular complexity index is 984. The van der Waals surface area contributed by atoms with Crippen LogP contribution >= 0.6 is 0 Å². The van der Waals surface area contributed by atoms with Crippen molar-refractivity contribution in [1.82, 2.24) is 9.21 Å². The fraction of sp³-hybridized carbons (Fsp3) is 0.929. The first-order chi connectivity index (χ1) is 16.2. The number of carboxylic acid groups (broad SMARTS) is 1. The van der Waals surface area contributed by atoms with Crippen LogP contribution in [-0.4, -0.2) is 104 Å². The molecule has 0 atom stereocenters. The first-order valence-electron chi connectivity index (χ1n) is 8.79. The summed E-state index contributed by atoms with van der Waals surface area (Å²) in [7, 11) is -5.72. The monoisotopic (exact) mass is 650 g/mol. The molecule has 0 aliphatic carbocycles. The molecule has 0 spiro atoms. The van der Waals surface area contributed by atoms with Gasteiger partial charge in [-0.3, -0.25) is 0 Å². The van der Waals surface area contributed by atoms with E-state index in [4.69, 9.17) is 0 Å². The molecule has 25 heteroatoms. The van der Waals surface area contributed by atoms with Gasteiger partial charge in [-0.15, -0.1) is 0 Å². The minimum absolute atomic E-state index is 0. The number of carbonyl (C=O) groups excluding carboxylic acids is 1. The van der Waals surface area contributed by atoms with Gasteiger partial charge in [0.25, 0.3) is 10.0 Å². The molecule has 0 radical (unpaired) electrons. The van der Waals surface area contributed by atoms with Gasteiger partial charge in [0.1, 0.15) is 0 Å². The molecule has 228 valence electrons. The van der Waals surface area contributed by atoms with Gasteiger partial charge in [-0.1, -0.05) is 0 Å². The van der Waals surface area contributed by atoms with Crippen LogP contribution in [0.15, 0.2) is 0 Å². The molecule has 0 aliphatic heterocycles. The van der Waals surface area contributed by atoms with Crippen LogP contribution < -0.4 is 34.7 Å². The van der Waals surface area contributed by atoms with Crippen LogP contribution in [0.5, 0.6) is 0 Å². The summed E-state index contributed by atoms with van der Waals surface area (Å²) in [6.45, 7) is -4.95. The van der Waals surface area contributed by atoms with Crippen molar-refractivity contribution in [2.45, 2.75) is 47.0 Å². The molecule has 0 amide bonds. The van der Waals surface area contributed by atoms with E-state index in [1.807, 2.05) is 0 Å². The summed E-state index contributed by atoms with van der Waals surface area (Å²) in [5.74, 6) is -55.1. The maximum Gasteiger partial charge on any atom is 1.00 e. The fourth-order valence-corrected chi connectivity index (χ4v) is 3.59. The number of carbonyl (C=O) groups is 1. The van der Waals surface area contributed by atoms with Crippen molar-refractivity contribution in [2.24, 2.45) is 0 Å². The Balaban J connectivity index is 0. The third kappa shape index (κ3) is 6.18. The normalized spacial score (nSPS) is 15.5. The summed E-state index contributed by atoms with van der Waals surface area (Å²) >= 11 is 0. The SMILES string of the molecule is CN(C)CCN(CC(=O)[O-])S(=O)(=O)C(F)(F)C(F)(F)C(F)(F)C(F)(F)C(F)(F)C(F)(F)C(F)(F)C(F)(F)F.[Na+]. The molecule has 0 unspecified atom stereocenters. The Morgan fingerprint density at radius 1 is 0.615 bits per heavy atom. The Hall–Kier alpha value is -0.850. The van der Waals surface area contributed by atoms with Gasteiger partial charge in [-0.25, -0.2) is 8.42 Å². The van der Waals surface area contributed by atoms with Gasteiger partial charge in [0.05, 0.1) is 12.5 Å². The van der Waals surface area contributed by atoms with Gasteiger partial charge >= 0.3 is 76.5 Å². The zero-order chi connectivity index (χ0) is 31.4. The van der Waals surface area contributed by atoms with Crippen molar-refractivity contribution < 1.29 is 123 Å². The van der Waals surface area contributed by atoms with Crippen LogP contribution in [0.25, 0.3) is 0 Å². The van der Waals surface area contributed by atoms with Crippen molar-refractivity contribution in [2.75, 3.05) is 33.7 Å². The van der Waals surface area contributed by atoms with E-state index in [1.54, 1.807) is 0 Å². The van der Waals surface area contributed by atoms with Crippen LogP contribution in [0.4, 0.5) is 74.6 Å². The number of alkyl halides is 17. The molecule has 0 rings (SSSR count). The number of hydrogen-bond donors (Lipinski definition) is 0. The van der Waals surface area contributed by atoms with E-state index in [0.717, 1.165) is 19.0 Å². The second-order valence-corrected chi connectivity index (χ2v) is 9.45. The molecule has 39 heavy (non-hydrogen) atoms. The van der Waals surface area contributed by atoms with E-state index in [0.29, 0.717) is 0 Å². The van der Waals surface area contributed by atoms with Crippen molar-refractivity contribution in [3.05, 3.63) is 0 Å². The molecule has 0 saturated heterocycles. The van der Waals surface area contributed by atoms with Gasteiger partial charge in [0, 0.05) is 13.1 Å². The summed E-state index contributed by atoms with van der Waals surface area (Å²) in [5.41, 5.74) is 0. The average Bonchev–Trinajstić information content (AvgIpc) is 2.68. The fourth-order valence-electron chi connectivity index (χ4n) is 2.21. The molecule has 0 aromatic heterocycles. The second-order valence-electron chi connectivity index (χ2n) is 7.47. The summed E-state index contributed by atoms with van der Waals surface area (Å²) in [6, 6.07) is 0. The number of aliphatic carboxylic acids is 1. The van der Waals surface area contributed by atoms with E-state index in [2.05, 4.69) is 0 Å². The summed E-state index contributed by atoms with van der Waals surface area (Å²) < 4.78 is 249. The molecular formula is C14H12F17N2NaO4S. The first-order valence-corrected chi connectivity index (χ1v) is 10.2.